The molecule has 0 saturated heterocycles. The molecule has 0 spiro atoms. The van der Waals surface area contributed by atoms with E-state index in [-0.39, 0.29) is 5.41 Å². The van der Waals surface area contributed by atoms with Gasteiger partial charge in [0.15, 0.2) is 0 Å². The van der Waals surface area contributed by atoms with E-state index in [4.69, 9.17) is 10.8 Å². The van der Waals surface area contributed by atoms with Gasteiger partial charge in [-0.1, -0.05) is 20.8 Å². The predicted octanol–water partition coefficient (Wildman–Crippen LogP) is 0.700. The molecule has 8 heavy (non-hydrogen) atoms. The fraction of sp³-hybridized carbons (Fsp3) is 1.00. The Bertz CT molecular complexity index is 63.4. The van der Waals surface area contributed by atoms with Crippen molar-refractivity contribution in [1.29, 1.82) is 0 Å². The first kappa shape index (κ1) is 7.92. The number of aliphatic hydroxyl groups is 1. The van der Waals surface area contributed by atoms with Crippen LogP contribution in [0.25, 0.3) is 0 Å². The normalized spacial score (nSPS) is 16.1. The van der Waals surface area contributed by atoms with Gasteiger partial charge in [0.1, 0.15) is 6.23 Å². The summed E-state index contributed by atoms with van der Waals surface area (Å²) >= 11 is 0. The SMILES string of the molecule is CC(C)(C)CC(N)O. The molecule has 0 aliphatic rings. The molecule has 1 unspecified atom stereocenters. The summed E-state index contributed by atoms with van der Waals surface area (Å²) in [5, 5.41) is 8.67. The van der Waals surface area contributed by atoms with Crippen LogP contribution in [0, 0.1) is 5.41 Å². The van der Waals surface area contributed by atoms with Crippen molar-refractivity contribution in [3.8, 4) is 0 Å². The summed E-state index contributed by atoms with van der Waals surface area (Å²) in [6.07, 6.45) is 0.00231. The topological polar surface area (TPSA) is 46.2 Å². The molecule has 0 aliphatic heterocycles. The van der Waals surface area contributed by atoms with Gasteiger partial charge in [0.05, 0.1) is 0 Å². The minimum absolute atomic E-state index is 0.147. The van der Waals surface area contributed by atoms with E-state index in [1.165, 1.54) is 0 Å². The third-order valence-electron chi connectivity index (χ3n) is 0.822. The van der Waals surface area contributed by atoms with Crippen LogP contribution in [0.2, 0.25) is 0 Å². The minimum atomic E-state index is -0.657. The highest BCUT2D eigenvalue weighted by Crippen LogP contribution is 2.18. The van der Waals surface area contributed by atoms with Crippen molar-refractivity contribution in [1.82, 2.24) is 0 Å². The molecule has 0 aliphatic carbocycles. The summed E-state index contributed by atoms with van der Waals surface area (Å²) < 4.78 is 0. The zero-order valence-electron chi connectivity index (χ0n) is 5.81. The molecule has 0 heterocycles. The Hall–Kier alpha value is -0.0800. The summed E-state index contributed by atoms with van der Waals surface area (Å²) in [4.78, 5) is 0. The first-order valence-corrected chi connectivity index (χ1v) is 2.85. The monoisotopic (exact) mass is 117 g/mol. The Morgan fingerprint density at radius 3 is 1.88 bits per heavy atom. The van der Waals surface area contributed by atoms with Gasteiger partial charge in [-0.25, -0.2) is 0 Å². The Kier molecular flexibility index (Phi) is 2.44. The Balaban J connectivity index is 3.39. The Morgan fingerprint density at radius 1 is 1.50 bits per heavy atom. The lowest BCUT2D eigenvalue weighted by Gasteiger charge is -2.19. The molecule has 0 bridgehead atoms. The van der Waals surface area contributed by atoms with Gasteiger partial charge in [0, 0.05) is 0 Å². The van der Waals surface area contributed by atoms with Crippen molar-refractivity contribution < 1.29 is 5.11 Å². The maximum absolute atomic E-state index is 8.67. The summed E-state index contributed by atoms with van der Waals surface area (Å²) in [6, 6.07) is 0. The van der Waals surface area contributed by atoms with E-state index >= 15 is 0 Å². The van der Waals surface area contributed by atoms with Crippen LogP contribution in [0.15, 0.2) is 0 Å². The number of hydrogen-bond acceptors (Lipinski definition) is 2. The molecule has 0 aromatic heterocycles. The van der Waals surface area contributed by atoms with Gasteiger partial charge in [0.25, 0.3) is 0 Å². The van der Waals surface area contributed by atoms with Crippen molar-refractivity contribution in [3.05, 3.63) is 0 Å². The van der Waals surface area contributed by atoms with Crippen molar-refractivity contribution in [2.75, 3.05) is 0 Å². The van der Waals surface area contributed by atoms with Crippen LogP contribution in [-0.4, -0.2) is 11.3 Å². The molecule has 0 saturated carbocycles. The molecule has 0 aromatic carbocycles. The smallest absolute Gasteiger partial charge is 0.102 e. The molecule has 0 rings (SSSR count). The summed E-state index contributed by atoms with van der Waals surface area (Å²) in [6.45, 7) is 6.13. The predicted molar refractivity (Wildman–Crippen MR) is 34.3 cm³/mol. The third-order valence-corrected chi connectivity index (χ3v) is 0.822. The maximum atomic E-state index is 8.67. The van der Waals surface area contributed by atoms with Crippen molar-refractivity contribution >= 4 is 0 Å². The van der Waals surface area contributed by atoms with E-state index in [0.29, 0.717) is 6.42 Å². The van der Waals surface area contributed by atoms with Crippen molar-refractivity contribution in [2.45, 2.75) is 33.4 Å². The maximum Gasteiger partial charge on any atom is 0.102 e. The first-order valence-electron chi connectivity index (χ1n) is 2.85. The zero-order valence-corrected chi connectivity index (χ0v) is 5.81. The van der Waals surface area contributed by atoms with Crippen LogP contribution in [0.1, 0.15) is 27.2 Å². The second-order valence-corrected chi connectivity index (χ2v) is 3.33. The van der Waals surface area contributed by atoms with E-state index in [0.717, 1.165) is 0 Å². The van der Waals surface area contributed by atoms with Crippen LogP contribution in [0.4, 0.5) is 0 Å². The van der Waals surface area contributed by atoms with Crippen LogP contribution in [-0.2, 0) is 0 Å². The van der Waals surface area contributed by atoms with Crippen LogP contribution < -0.4 is 5.73 Å². The highest BCUT2D eigenvalue weighted by molar-refractivity contribution is 4.63. The average Bonchev–Trinajstić information content (AvgIpc) is 1.21. The van der Waals surface area contributed by atoms with Gasteiger partial charge >= 0.3 is 0 Å². The second-order valence-electron chi connectivity index (χ2n) is 3.33. The number of aliphatic hydroxyl groups excluding tert-OH is 1. The molecular formula is C6H15NO. The molecule has 0 radical (unpaired) electrons. The van der Waals surface area contributed by atoms with E-state index in [1.54, 1.807) is 0 Å². The fourth-order valence-electron chi connectivity index (χ4n) is 0.627. The van der Waals surface area contributed by atoms with E-state index < -0.39 is 6.23 Å². The second kappa shape index (κ2) is 2.46. The third kappa shape index (κ3) is 5.92. The highest BCUT2D eigenvalue weighted by atomic mass is 16.3. The first-order chi connectivity index (χ1) is 3.42. The number of nitrogens with two attached hydrogens (primary N) is 1. The molecule has 0 fully saturated rings. The summed E-state index contributed by atoms with van der Waals surface area (Å²) in [5.41, 5.74) is 5.28. The lowest BCUT2D eigenvalue weighted by atomic mass is 9.92. The van der Waals surface area contributed by atoms with Gasteiger partial charge < -0.3 is 10.8 Å². The highest BCUT2D eigenvalue weighted by Gasteiger charge is 2.12. The summed E-state index contributed by atoms with van der Waals surface area (Å²) in [5.74, 6) is 0. The Morgan fingerprint density at radius 2 is 1.88 bits per heavy atom. The largest absolute Gasteiger partial charge is 0.379 e. The molecule has 2 heteroatoms. The van der Waals surface area contributed by atoms with Gasteiger partial charge in [0.2, 0.25) is 0 Å². The van der Waals surface area contributed by atoms with Gasteiger partial charge in [-0.3, -0.25) is 0 Å². The quantitative estimate of drug-likeness (QED) is 0.496. The Labute approximate surface area is 50.7 Å². The van der Waals surface area contributed by atoms with Crippen LogP contribution in [0.3, 0.4) is 0 Å². The lowest BCUT2D eigenvalue weighted by molar-refractivity contribution is 0.127. The zero-order chi connectivity index (χ0) is 6.78. The molecule has 50 valence electrons. The number of hydrogen-bond donors (Lipinski definition) is 2. The molecule has 1 atom stereocenters. The standard InChI is InChI=1S/C6H15NO/c1-6(2,3)4-5(7)8/h5,8H,4,7H2,1-3H3. The van der Waals surface area contributed by atoms with Gasteiger partial charge in [-0.2, -0.15) is 0 Å². The van der Waals surface area contributed by atoms with Crippen LogP contribution in [0.5, 0.6) is 0 Å². The summed E-state index contributed by atoms with van der Waals surface area (Å²) in [7, 11) is 0. The number of rotatable bonds is 1. The van der Waals surface area contributed by atoms with Gasteiger partial charge in [-0.05, 0) is 11.8 Å². The van der Waals surface area contributed by atoms with Crippen LogP contribution >= 0.6 is 0 Å². The minimum Gasteiger partial charge on any atom is -0.379 e. The van der Waals surface area contributed by atoms with Crippen molar-refractivity contribution in [2.24, 2.45) is 11.1 Å². The molecule has 3 N–H and O–H groups in total. The molecular weight excluding hydrogens is 102 g/mol. The average molecular weight is 117 g/mol. The van der Waals surface area contributed by atoms with E-state index in [9.17, 15) is 0 Å². The fourth-order valence-corrected chi connectivity index (χ4v) is 0.627. The van der Waals surface area contributed by atoms with Crippen molar-refractivity contribution in [3.63, 3.8) is 0 Å². The molecule has 0 aromatic rings. The van der Waals surface area contributed by atoms with Gasteiger partial charge in [-0.15, -0.1) is 0 Å². The lowest BCUT2D eigenvalue weighted by Crippen LogP contribution is -2.25. The van der Waals surface area contributed by atoms with E-state index in [1.807, 2.05) is 20.8 Å². The molecule has 0 amide bonds. The molecule has 2 nitrogen and oxygen atoms in total. The van der Waals surface area contributed by atoms with E-state index in [2.05, 4.69) is 0 Å².